The van der Waals surface area contributed by atoms with Crippen LogP contribution >= 0.6 is 0 Å². The van der Waals surface area contributed by atoms with E-state index in [-0.39, 0.29) is 12.1 Å². The standard InChI is InChI=1S/C42H86N2O2/c1-6-9-12-15-18-20-24-29-34-41(35-30-25-21-19-16-13-10-7-2)46-42(45)36-31-26-23-28-33-38-44(40-39-43(4)5)37-32-27-22-17-14-11-8-3/h41H,6-40H2,1-5H3. The highest BCUT2D eigenvalue weighted by atomic mass is 16.5. The summed E-state index contributed by atoms with van der Waals surface area (Å²) in [6.07, 6.45) is 40.0. The van der Waals surface area contributed by atoms with E-state index in [1.807, 2.05) is 0 Å². The minimum Gasteiger partial charge on any atom is -0.462 e. The van der Waals surface area contributed by atoms with Crippen molar-refractivity contribution in [3.05, 3.63) is 0 Å². The number of hydrogen-bond acceptors (Lipinski definition) is 4. The molecule has 0 saturated carbocycles. The van der Waals surface area contributed by atoms with Crippen molar-refractivity contribution in [3.8, 4) is 0 Å². The molecule has 0 spiro atoms. The van der Waals surface area contributed by atoms with Gasteiger partial charge < -0.3 is 14.5 Å². The summed E-state index contributed by atoms with van der Waals surface area (Å²) in [6, 6.07) is 0. The first-order chi connectivity index (χ1) is 22.5. The maximum Gasteiger partial charge on any atom is 0.306 e. The molecule has 0 saturated heterocycles. The molecule has 0 aromatic heterocycles. The molecule has 0 amide bonds. The maximum atomic E-state index is 12.8. The third kappa shape index (κ3) is 34.7. The van der Waals surface area contributed by atoms with E-state index in [2.05, 4.69) is 44.7 Å². The molecule has 0 rings (SSSR count). The highest BCUT2D eigenvalue weighted by Crippen LogP contribution is 2.19. The summed E-state index contributed by atoms with van der Waals surface area (Å²) in [4.78, 5) is 17.8. The van der Waals surface area contributed by atoms with Crippen LogP contribution in [0.1, 0.15) is 220 Å². The van der Waals surface area contributed by atoms with E-state index >= 15 is 0 Å². The number of hydrogen-bond donors (Lipinski definition) is 0. The molecule has 0 aromatic carbocycles. The van der Waals surface area contributed by atoms with Crippen LogP contribution < -0.4 is 0 Å². The summed E-state index contributed by atoms with van der Waals surface area (Å²) in [5, 5.41) is 0. The third-order valence-electron chi connectivity index (χ3n) is 9.85. The minimum absolute atomic E-state index is 0.0636. The Kier molecular flexibility index (Phi) is 36.7. The number of carbonyl (C=O) groups is 1. The summed E-state index contributed by atoms with van der Waals surface area (Å²) in [5.41, 5.74) is 0. The lowest BCUT2D eigenvalue weighted by Gasteiger charge is -2.24. The monoisotopic (exact) mass is 651 g/mol. The van der Waals surface area contributed by atoms with Crippen molar-refractivity contribution >= 4 is 5.97 Å². The van der Waals surface area contributed by atoms with Crippen molar-refractivity contribution in [2.45, 2.75) is 226 Å². The molecule has 0 fully saturated rings. The quantitative estimate of drug-likeness (QED) is 0.0492. The summed E-state index contributed by atoms with van der Waals surface area (Å²) < 4.78 is 6.10. The van der Waals surface area contributed by atoms with E-state index in [4.69, 9.17) is 4.74 Å². The van der Waals surface area contributed by atoms with Crippen LogP contribution in [0.4, 0.5) is 0 Å². The van der Waals surface area contributed by atoms with E-state index in [1.54, 1.807) is 0 Å². The van der Waals surface area contributed by atoms with Crippen molar-refractivity contribution < 1.29 is 9.53 Å². The average molecular weight is 651 g/mol. The molecule has 0 N–H and O–H groups in total. The number of ether oxygens (including phenoxy) is 1. The Morgan fingerprint density at radius 2 is 0.783 bits per heavy atom. The lowest BCUT2D eigenvalue weighted by Crippen LogP contribution is -2.33. The van der Waals surface area contributed by atoms with Crippen molar-refractivity contribution in [1.29, 1.82) is 0 Å². The molecule has 0 heterocycles. The van der Waals surface area contributed by atoms with E-state index in [0.29, 0.717) is 6.42 Å². The molecule has 0 aliphatic heterocycles. The molecule has 0 atom stereocenters. The molecule has 0 aliphatic rings. The second kappa shape index (κ2) is 37.2. The highest BCUT2D eigenvalue weighted by molar-refractivity contribution is 5.69. The van der Waals surface area contributed by atoms with Crippen LogP contribution in [0.2, 0.25) is 0 Å². The van der Waals surface area contributed by atoms with Crippen LogP contribution in [0.15, 0.2) is 0 Å². The topological polar surface area (TPSA) is 32.8 Å². The summed E-state index contributed by atoms with van der Waals surface area (Å²) in [6.45, 7) is 11.7. The van der Waals surface area contributed by atoms with Gasteiger partial charge in [0.2, 0.25) is 0 Å². The van der Waals surface area contributed by atoms with E-state index in [9.17, 15) is 4.79 Å². The second-order valence-electron chi connectivity index (χ2n) is 14.9. The lowest BCUT2D eigenvalue weighted by atomic mass is 10.0. The third-order valence-corrected chi connectivity index (χ3v) is 9.85. The van der Waals surface area contributed by atoms with E-state index in [0.717, 1.165) is 32.2 Å². The number of rotatable bonds is 38. The Bertz CT molecular complexity index is 576. The fourth-order valence-electron chi connectivity index (χ4n) is 6.62. The predicted molar refractivity (Wildman–Crippen MR) is 205 cm³/mol. The molecule has 46 heavy (non-hydrogen) atoms. The van der Waals surface area contributed by atoms with Gasteiger partial charge in [-0.2, -0.15) is 0 Å². The first kappa shape index (κ1) is 45.4. The van der Waals surface area contributed by atoms with Crippen LogP contribution in [0.3, 0.4) is 0 Å². The van der Waals surface area contributed by atoms with Gasteiger partial charge in [-0.25, -0.2) is 0 Å². The van der Waals surface area contributed by atoms with Crippen LogP contribution in [0.5, 0.6) is 0 Å². The van der Waals surface area contributed by atoms with Crippen molar-refractivity contribution in [2.75, 3.05) is 40.3 Å². The molecular formula is C42H86N2O2. The average Bonchev–Trinajstić information content (AvgIpc) is 3.04. The normalized spacial score (nSPS) is 11.8. The summed E-state index contributed by atoms with van der Waals surface area (Å²) in [7, 11) is 4.37. The predicted octanol–water partition coefficient (Wildman–Crippen LogP) is 12.9. The lowest BCUT2D eigenvalue weighted by molar-refractivity contribution is -0.150. The molecule has 0 radical (unpaired) electrons. The number of carbonyl (C=O) groups excluding carboxylic acids is 1. The van der Waals surface area contributed by atoms with Gasteiger partial charge in [0.1, 0.15) is 6.10 Å². The van der Waals surface area contributed by atoms with Gasteiger partial charge in [-0.1, -0.05) is 168 Å². The maximum absolute atomic E-state index is 12.8. The second-order valence-corrected chi connectivity index (χ2v) is 14.9. The molecule has 0 aromatic rings. The van der Waals surface area contributed by atoms with Gasteiger partial charge >= 0.3 is 5.97 Å². The van der Waals surface area contributed by atoms with Gasteiger partial charge in [0.15, 0.2) is 0 Å². The largest absolute Gasteiger partial charge is 0.462 e. The number of unbranched alkanes of at least 4 members (excludes halogenated alkanes) is 24. The molecule has 276 valence electrons. The number of nitrogens with zero attached hydrogens (tertiary/aromatic N) is 2. The zero-order valence-electron chi connectivity index (χ0n) is 32.5. The van der Waals surface area contributed by atoms with Crippen molar-refractivity contribution in [2.24, 2.45) is 0 Å². The Morgan fingerprint density at radius 3 is 1.17 bits per heavy atom. The SMILES string of the molecule is CCCCCCCCCCC(CCCCCCCCCC)OC(=O)CCCCCCCN(CCCCCCCCC)CCN(C)C. The van der Waals surface area contributed by atoms with Crippen LogP contribution in [0.25, 0.3) is 0 Å². The van der Waals surface area contributed by atoms with Crippen LogP contribution in [0, 0.1) is 0 Å². The zero-order chi connectivity index (χ0) is 33.8. The number of esters is 1. The highest BCUT2D eigenvalue weighted by Gasteiger charge is 2.14. The van der Waals surface area contributed by atoms with Gasteiger partial charge in [-0.05, 0) is 72.1 Å². The molecule has 0 aliphatic carbocycles. The van der Waals surface area contributed by atoms with Gasteiger partial charge in [-0.15, -0.1) is 0 Å². The Hall–Kier alpha value is -0.610. The van der Waals surface area contributed by atoms with Crippen LogP contribution in [-0.4, -0.2) is 62.1 Å². The van der Waals surface area contributed by atoms with Gasteiger partial charge in [0, 0.05) is 19.5 Å². The molecule has 0 unspecified atom stereocenters. The summed E-state index contributed by atoms with van der Waals surface area (Å²) >= 11 is 0. The first-order valence-corrected chi connectivity index (χ1v) is 21.1. The Labute approximate surface area is 290 Å². The Morgan fingerprint density at radius 1 is 0.435 bits per heavy atom. The van der Waals surface area contributed by atoms with Gasteiger partial charge in [0.25, 0.3) is 0 Å². The molecule has 0 bridgehead atoms. The van der Waals surface area contributed by atoms with E-state index < -0.39 is 0 Å². The van der Waals surface area contributed by atoms with E-state index in [1.165, 1.54) is 187 Å². The zero-order valence-corrected chi connectivity index (χ0v) is 32.5. The van der Waals surface area contributed by atoms with Gasteiger partial charge in [-0.3, -0.25) is 4.79 Å². The minimum atomic E-state index is 0.0636. The van der Waals surface area contributed by atoms with Gasteiger partial charge in [0.05, 0.1) is 0 Å². The fraction of sp³-hybridized carbons (Fsp3) is 0.976. The van der Waals surface area contributed by atoms with Crippen molar-refractivity contribution in [3.63, 3.8) is 0 Å². The Balaban J connectivity index is 4.24. The molecule has 4 nitrogen and oxygen atoms in total. The summed E-state index contributed by atoms with van der Waals surface area (Å²) in [5.74, 6) is 0.0636. The smallest absolute Gasteiger partial charge is 0.306 e. The molecule has 4 heteroatoms. The fourth-order valence-corrected chi connectivity index (χ4v) is 6.62. The van der Waals surface area contributed by atoms with Crippen LogP contribution in [-0.2, 0) is 9.53 Å². The molecular weight excluding hydrogens is 564 g/mol. The first-order valence-electron chi connectivity index (χ1n) is 21.1. The number of likely N-dealkylation sites (N-methyl/N-ethyl adjacent to an activating group) is 1. The van der Waals surface area contributed by atoms with Crippen molar-refractivity contribution in [1.82, 2.24) is 9.80 Å².